The smallest absolute Gasteiger partial charge is 0.184 e. The van der Waals surface area contributed by atoms with Crippen LogP contribution in [0.1, 0.15) is 13.2 Å². The molecule has 2 aliphatic heterocycles. The van der Waals surface area contributed by atoms with Gasteiger partial charge in [-0.25, -0.2) is 0 Å². The second-order valence-corrected chi connectivity index (χ2v) is 4.59. The third-order valence-corrected chi connectivity index (χ3v) is 3.29. The largest absolute Gasteiger partial charge is 0.387 e. The van der Waals surface area contributed by atoms with Crippen molar-refractivity contribution in [1.29, 1.82) is 0 Å². The maximum Gasteiger partial charge on any atom is 0.184 e. The lowest BCUT2D eigenvalue weighted by molar-refractivity contribution is -0.354. The van der Waals surface area contributed by atoms with Crippen LogP contribution in [0.5, 0.6) is 0 Å². The van der Waals surface area contributed by atoms with Crippen LogP contribution in [0.2, 0.25) is 0 Å². The Morgan fingerprint density at radius 3 is 2.53 bits per heavy atom. The van der Waals surface area contributed by atoms with Gasteiger partial charge in [0.15, 0.2) is 12.6 Å². The first-order valence-electron chi connectivity index (χ1n) is 6.58. The number of benzene rings is 1. The molecule has 2 heterocycles. The molecule has 0 amide bonds. The van der Waals surface area contributed by atoms with Gasteiger partial charge in [-0.05, 0) is 0 Å². The summed E-state index contributed by atoms with van der Waals surface area (Å²) in [6.45, 7) is -0.0239. The standard InChI is InChI=1S/C13H16O6/c14-9-10(15)12(16)18-8-6-17-13(19-11(8)9)7-4-2-1-3-5-7/h1-5,8-16H,6H2/t8-,9-,10-,11-,12+,13-/m1/s1/i13D. The van der Waals surface area contributed by atoms with E-state index in [1.165, 1.54) is 0 Å². The average Bonchev–Trinajstić information content (AvgIpc) is 2.47. The molecule has 1 aromatic carbocycles. The van der Waals surface area contributed by atoms with Crippen molar-refractivity contribution in [3.63, 3.8) is 0 Å². The molecule has 0 saturated carbocycles. The summed E-state index contributed by atoms with van der Waals surface area (Å²) >= 11 is 0. The van der Waals surface area contributed by atoms with Crippen molar-refractivity contribution in [2.75, 3.05) is 6.61 Å². The first kappa shape index (κ1) is 11.8. The average molecular weight is 269 g/mol. The van der Waals surface area contributed by atoms with E-state index < -0.39 is 37.0 Å². The van der Waals surface area contributed by atoms with Crippen molar-refractivity contribution >= 4 is 0 Å². The van der Waals surface area contributed by atoms with Crippen molar-refractivity contribution in [2.45, 2.75) is 37.0 Å². The van der Waals surface area contributed by atoms with E-state index in [1.807, 2.05) is 0 Å². The van der Waals surface area contributed by atoms with Gasteiger partial charge in [-0.3, -0.25) is 0 Å². The summed E-state index contributed by atoms with van der Waals surface area (Å²) in [6, 6.07) is 8.65. The molecule has 6 atom stereocenters. The minimum absolute atomic E-state index is 0.0239. The van der Waals surface area contributed by atoms with Gasteiger partial charge >= 0.3 is 0 Å². The summed E-state index contributed by atoms with van der Waals surface area (Å²) in [6.07, 6.45) is -7.76. The number of hydrogen-bond acceptors (Lipinski definition) is 6. The van der Waals surface area contributed by atoms with Gasteiger partial charge in [0.25, 0.3) is 0 Å². The molecular weight excluding hydrogens is 252 g/mol. The molecule has 6 heteroatoms. The normalized spacial score (nSPS) is 47.3. The molecule has 104 valence electrons. The van der Waals surface area contributed by atoms with Crippen LogP contribution >= 0.6 is 0 Å². The Morgan fingerprint density at radius 2 is 1.79 bits per heavy atom. The lowest BCUT2D eigenvalue weighted by atomic mass is 9.98. The molecule has 1 aromatic rings. The van der Waals surface area contributed by atoms with Crippen molar-refractivity contribution < 1.29 is 30.9 Å². The van der Waals surface area contributed by atoms with Gasteiger partial charge in [0, 0.05) is 5.56 Å². The van der Waals surface area contributed by atoms with E-state index in [4.69, 9.17) is 15.6 Å². The van der Waals surface area contributed by atoms with E-state index >= 15 is 0 Å². The number of fused-ring (bicyclic) bond motifs is 1. The van der Waals surface area contributed by atoms with Gasteiger partial charge in [0.05, 0.1) is 7.98 Å². The first-order chi connectivity index (χ1) is 9.51. The zero-order chi connectivity index (χ0) is 14.3. The van der Waals surface area contributed by atoms with Crippen molar-refractivity contribution in [1.82, 2.24) is 0 Å². The quantitative estimate of drug-likeness (QED) is 0.639. The van der Waals surface area contributed by atoms with Crippen LogP contribution in [-0.4, -0.2) is 52.6 Å². The molecule has 0 unspecified atom stereocenters. The van der Waals surface area contributed by atoms with Crippen LogP contribution in [-0.2, 0) is 14.2 Å². The Hall–Kier alpha value is -1.02. The molecule has 0 aliphatic carbocycles. The molecule has 0 bridgehead atoms. The molecule has 0 spiro atoms. The Morgan fingerprint density at radius 1 is 1.05 bits per heavy atom. The highest BCUT2D eigenvalue weighted by Gasteiger charge is 2.48. The van der Waals surface area contributed by atoms with Crippen molar-refractivity contribution in [2.24, 2.45) is 0 Å². The first-order valence-corrected chi connectivity index (χ1v) is 6.08. The Balaban J connectivity index is 1.84. The fraction of sp³-hybridized carbons (Fsp3) is 0.538. The zero-order valence-corrected chi connectivity index (χ0v) is 10.0. The van der Waals surface area contributed by atoms with Gasteiger partial charge in [-0.1, -0.05) is 30.3 Å². The highest BCUT2D eigenvalue weighted by atomic mass is 16.7. The van der Waals surface area contributed by atoms with Crippen LogP contribution in [0.3, 0.4) is 0 Å². The maximum atomic E-state index is 9.97. The van der Waals surface area contributed by atoms with E-state index in [9.17, 15) is 15.3 Å². The second-order valence-electron chi connectivity index (χ2n) is 4.59. The summed E-state index contributed by atoms with van der Waals surface area (Å²) in [7, 11) is 0. The minimum Gasteiger partial charge on any atom is -0.387 e. The van der Waals surface area contributed by atoms with E-state index in [-0.39, 0.29) is 6.61 Å². The highest BCUT2D eigenvalue weighted by molar-refractivity contribution is 5.16. The van der Waals surface area contributed by atoms with Crippen molar-refractivity contribution in [3.8, 4) is 0 Å². The van der Waals surface area contributed by atoms with Crippen LogP contribution in [0.15, 0.2) is 30.3 Å². The number of ether oxygens (including phenoxy) is 3. The molecule has 2 saturated heterocycles. The summed E-state index contributed by atoms with van der Waals surface area (Å²) in [5, 5.41) is 29.0. The number of hydrogen-bond donors (Lipinski definition) is 3. The lowest BCUT2D eigenvalue weighted by Crippen LogP contribution is -2.61. The van der Waals surface area contributed by atoms with Crippen LogP contribution in [0, 0.1) is 0 Å². The molecule has 2 aliphatic rings. The SMILES string of the molecule is [2H][C@@]1(c2ccccc2)OC[C@H]2O[C@H](O)[C@H](O)[C@@H](O)[C@@H]2O1. The van der Waals surface area contributed by atoms with Gasteiger partial charge < -0.3 is 29.5 Å². The van der Waals surface area contributed by atoms with Crippen LogP contribution < -0.4 is 0 Å². The topological polar surface area (TPSA) is 88.4 Å². The molecular formula is C13H16O6. The summed E-state index contributed by atoms with van der Waals surface area (Å²) < 4.78 is 24.2. The highest BCUT2D eigenvalue weighted by Crippen LogP contribution is 2.33. The predicted octanol–water partition coefficient (Wildman–Crippen LogP) is -0.460. The van der Waals surface area contributed by atoms with Gasteiger partial charge in [-0.2, -0.15) is 0 Å². The molecule has 2 fully saturated rings. The van der Waals surface area contributed by atoms with Gasteiger partial charge in [0.2, 0.25) is 0 Å². The van der Waals surface area contributed by atoms with E-state index in [1.54, 1.807) is 30.3 Å². The molecule has 0 radical (unpaired) electrons. The zero-order valence-electron chi connectivity index (χ0n) is 11.0. The fourth-order valence-electron chi connectivity index (χ4n) is 2.24. The number of rotatable bonds is 1. The Kier molecular flexibility index (Phi) is 3.20. The molecule has 0 aromatic heterocycles. The third-order valence-electron chi connectivity index (χ3n) is 3.29. The number of aliphatic hydroxyl groups is 3. The fourth-order valence-corrected chi connectivity index (χ4v) is 2.24. The Bertz CT molecular complexity index is 469. The maximum absolute atomic E-state index is 9.97. The minimum atomic E-state index is -1.77. The van der Waals surface area contributed by atoms with E-state index in [0.717, 1.165) is 0 Å². The third kappa shape index (κ3) is 2.38. The van der Waals surface area contributed by atoms with Gasteiger partial charge in [-0.15, -0.1) is 0 Å². The molecule has 3 rings (SSSR count). The monoisotopic (exact) mass is 269 g/mol. The summed E-state index contributed by atoms with van der Waals surface area (Å²) in [5.74, 6) is 0. The van der Waals surface area contributed by atoms with Crippen LogP contribution in [0.4, 0.5) is 0 Å². The molecule has 19 heavy (non-hydrogen) atoms. The Labute approximate surface area is 111 Å². The molecule has 3 N–H and O–H groups in total. The number of aliphatic hydroxyl groups excluding tert-OH is 3. The molecule has 6 nitrogen and oxygen atoms in total. The predicted molar refractivity (Wildman–Crippen MR) is 62.9 cm³/mol. The van der Waals surface area contributed by atoms with E-state index in [2.05, 4.69) is 0 Å². The second kappa shape index (κ2) is 5.16. The lowest BCUT2D eigenvalue weighted by Gasteiger charge is -2.45. The van der Waals surface area contributed by atoms with Crippen LogP contribution in [0.25, 0.3) is 0 Å². The van der Waals surface area contributed by atoms with Crippen molar-refractivity contribution in [3.05, 3.63) is 35.9 Å². The summed E-state index contributed by atoms with van der Waals surface area (Å²) in [4.78, 5) is 0. The summed E-state index contributed by atoms with van der Waals surface area (Å²) in [5.41, 5.74) is 0.478. The van der Waals surface area contributed by atoms with Gasteiger partial charge in [0.1, 0.15) is 24.4 Å². The van der Waals surface area contributed by atoms with E-state index in [0.29, 0.717) is 5.56 Å².